The van der Waals surface area contributed by atoms with Gasteiger partial charge in [0, 0.05) is 41.9 Å². The van der Waals surface area contributed by atoms with Crippen molar-refractivity contribution >= 4 is 36.6 Å². The number of pyridine rings is 1. The maximum atomic E-state index is 14.5. The predicted molar refractivity (Wildman–Crippen MR) is 186 cm³/mol. The third kappa shape index (κ3) is 6.87. The molecule has 0 amide bonds. The number of morpholine rings is 1. The molecule has 1 aliphatic heterocycles. The van der Waals surface area contributed by atoms with E-state index in [1.807, 2.05) is 13.8 Å². The van der Waals surface area contributed by atoms with E-state index in [-0.39, 0.29) is 40.1 Å². The minimum atomic E-state index is -4.58. The van der Waals surface area contributed by atoms with E-state index in [0.29, 0.717) is 53.5 Å². The topological polar surface area (TPSA) is 159 Å². The number of ether oxygens (including phenoxy) is 2. The van der Waals surface area contributed by atoms with Gasteiger partial charge >= 0.3 is 0 Å². The lowest BCUT2D eigenvalue weighted by atomic mass is 10.0. The highest BCUT2D eigenvalue weighted by atomic mass is 32.2. The van der Waals surface area contributed by atoms with Gasteiger partial charge in [0.15, 0.2) is 0 Å². The van der Waals surface area contributed by atoms with Crippen molar-refractivity contribution in [2.24, 2.45) is 0 Å². The van der Waals surface area contributed by atoms with Crippen LogP contribution in [0.5, 0.6) is 5.88 Å². The predicted octanol–water partition coefficient (Wildman–Crippen LogP) is 5.69. The number of aromatic nitrogens is 4. The summed E-state index contributed by atoms with van der Waals surface area (Å²) >= 11 is 0. The molecule has 0 radical (unpaired) electrons. The van der Waals surface area contributed by atoms with Crippen LogP contribution in [0.25, 0.3) is 33.5 Å². The molecule has 4 heterocycles. The van der Waals surface area contributed by atoms with Crippen LogP contribution in [0.4, 0.5) is 14.5 Å². The van der Waals surface area contributed by atoms with Crippen molar-refractivity contribution in [2.75, 3.05) is 24.9 Å². The summed E-state index contributed by atoms with van der Waals surface area (Å²) in [5, 5.41) is 4.69. The number of nitrogens with zero attached hydrogens (tertiary/aromatic N) is 5. The highest BCUT2D eigenvalue weighted by Crippen LogP contribution is 2.37. The van der Waals surface area contributed by atoms with Gasteiger partial charge in [0.2, 0.25) is 11.8 Å². The van der Waals surface area contributed by atoms with Gasteiger partial charge in [-0.3, -0.25) is 9.62 Å². The summed E-state index contributed by atoms with van der Waals surface area (Å²) in [4.78, 5) is 10.2. The van der Waals surface area contributed by atoms with E-state index in [1.165, 1.54) is 37.7 Å². The molecule has 270 valence electrons. The molecule has 1 fully saturated rings. The van der Waals surface area contributed by atoms with Gasteiger partial charge in [0.05, 0.1) is 48.7 Å². The Balaban J connectivity index is 1.34. The molecule has 7 rings (SSSR count). The number of methoxy groups -OCH3 is 1. The molecule has 1 saturated heterocycles. The summed E-state index contributed by atoms with van der Waals surface area (Å²) in [6.45, 7) is 5.88. The highest BCUT2D eigenvalue weighted by molar-refractivity contribution is 7.92. The molecule has 0 saturated carbocycles. The lowest BCUT2D eigenvalue weighted by molar-refractivity contribution is -0.0718. The molecule has 3 aromatic carbocycles. The second-order valence-electron chi connectivity index (χ2n) is 12.3. The third-order valence-electron chi connectivity index (χ3n) is 8.39. The smallest absolute Gasteiger partial charge is 0.283 e. The fourth-order valence-corrected chi connectivity index (χ4v) is 8.60. The van der Waals surface area contributed by atoms with Gasteiger partial charge in [-0.05, 0) is 61.9 Å². The normalized spacial score (nSPS) is 17.0. The van der Waals surface area contributed by atoms with Crippen LogP contribution in [0.1, 0.15) is 19.6 Å². The maximum absolute atomic E-state index is 14.5. The molecular formula is C35H32F2N6O7S2. The lowest BCUT2D eigenvalue weighted by Crippen LogP contribution is -2.44. The third-order valence-corrected chi connectivity index (χ3v) is 11.4. The monoisotopic (exact) mass is 750 g/mol. The fourth-order valence-electron chi connectivity index (χ4n) is 6.21. The zero-order valence-corrected chi connectivity index (χ0v) is 29.7. The second kappa shape index (κ2) is 13.7. The molecule has 52 heavy (non-hydrogen) atoms. The van der Waals surface area contributed by atoms with Crippen LogP contribution in [0, 0.1) is 11.6 Å². The first-order chi connectivity index (χ1) is 24.8. The minimum absolute atomic E-state index is 0.00941. The summed E-state index contributed by atoms with van der Waals surface area (Å²) in [5.74, 6) is -1.60. The largest absolute Gasteiger partial charge is 0.480 e. The van der Waals surface area contributed by atoms with Crippen molar-refractivity contribution in [3.63, 3.8) is 0 Å². The summed E-state index contributed by atoms with van der Waals surface area (Å²) < 4.78 is 103. The SMILES string of the molecule is COc1ncc(-c2cc(-c3ncc(CN4CC(C)OC(C)C4)o3)c3cnn(S(=O)(=O)c4ccccc4)c3c2)cc1NS(=O)(=O)c1ccc(F)cc1F. The van der Waals surface area contributed by atoms with E-state index >= 15 is 0 Å². The van der Waals surface area contributed by atoms with Crippen LogP contribution in [0.15, 0.2) is 99.5 Å². The number of fused-ring (bicyclic) bond motifs is 1. The second-order valence-corrected chi connectivity index (χ2v) is 15.7. The highest BCUT2D eigenvalue weighted by Gasteiger charge is 2.27. The van der Waals surface area contributed by atoms with Gasteiger partial charge < -0.3 is 13.9 Å². The van der Waals surface area contributed by atoms with Crippen LogP contribution >= 0.6 is 0 Å². The van der Waals surface area contributed by atoms with E-state index in [9.17, 15) is 25.6 Å². The number of benzene rings is 3. The number of oxazole rings is 1. The average Bonchev–Trinajstić information content (AvgIpc) is 3.75. The zero-order chi connectivity index (χ0) is 36.8. The molecular weight excluding hydrogens is 719 g/mol. The Morgan fingerprint density at radius 1 is 0.904 bits per heavy atom. The van der Waals surface area contributed by atoms with E-state index in [2.05, 4.69) is 24.7 Å². The van der Waals surface area contributed by atoms with Crippen LogP contribution in [0.2, 0.25) is 0 Å². The van der Waals surface area contributed by atoms with E-state index < -0.39 is 36.6 Å². The van der Waals surface area contributed by atoms with E-state index in [4.69, 9.17) is 13.9 Å². The van der Waals surface area contributed by atoms with Gasteiger partial charge in [0.25, 0.3) is 20.0 Å². The van der Waals surface area contributed by atoms with Crippen molar-refractivity contribution in [3.8, 4) is 28.5 Å². The van der Waals surface area contributed by atoms with Crippen molar-refractivity contribution in [1.82, 2.24) is 24.1 Å². The van der Waals surface area contributed by atoms with Crippen molar-refractivity contribution in [2.45, 2.75) is 42.4 Å². The van der Waals surface area contributed by atoms with E-state index in [0.717, 1.165) is 16.2 Å². The molecule has 0 bridgehead atoms. The molecule has 13 nitrogen and oxygen atoms in total. The number of nitrogens with one attached hydrogen (secondary N) is 1. The number of sulfonamides is 1. The average molecular weight is 751 g/mol. The van der Waals surface area contributed by atoms with Gasteiger partial charge in [0.1, 0.15) is 28.0 Å². The van der Waals surface area contributed by atoms with Crippen LogP contribution in [0.3, 0.4) is 0 Å². The standard InChI is InChI=1S/C35H32F2N6O7S2/c1-21-18-42(19-22(2)49-21)20-26-16-39-34(50-26)28-11-23(13-32-29(28)17-40-43(32)52(46,47)27-7-5-4-6-8-27)24-12-31(35(48-3)38-15-24)41-51(44,45)33-10-9-25(36)14-30(33)37/h4-17,21-22,41H,18-20H2,1-3H3. The minimum Gasteiger partial charge on any atom is -0.480 e. The van der Waals surface area contributed by atoms with Crippen molar-refractivity contribution in [1.29, 1.82) is 0 Å². The van der Waals surface area contributed by atoms with Gasteiger partial charge in [-0.1, -0.05) is 18.2 Å². The molecule has 2 atom stereocenters. The molecule has 17 heteroatoms. The van der Waals surface area contributed by atoms with Crippen LogP contribution < -0.4 is 9.46 Å². The first kappa shape index (κ1) is 35.2. The molecule has 3 aromatic heterocycles. The number of hydrogen-bond acceptors (Lipinski definition) is 11. The molecule has 6 aromatic rings. The summed E-state index contributed by atoms with van der Waals surface area (Å²) in [6, 6.07) is 14.5. The Morgan fingerprint density at radius 3 is 2.37 bits per heavy atom. The van der Waals surface area contributed by atoms with Crippen LogP contribution in [-0.2, 0) is 31.3 Å². The van der Waals surface area contributed by atoms with Crippen molar-refractivity contribution < 1.29 is 39.5 Å². The molecule has 1 aliphatic rings. The van der Waals surface area contributed by atoms with Gasteiger partial charge in [-0.25, -0.2) is 27.2 Å². The van der Waals surface area contributed by atoms with Crippen LogP contribution in [-0.4, -0.2) is 73.3 Å². The number of anilines is 1. The van der Waals surface area contributed by atoms with E-state index in [1.54, 1.807) is 36.5 Å². The molecule has 0 aliphatic carbocycles. The van der Waals surface area contributed by atoms with Crippen molar-refractivity contribution in [3.05, 3.63) is 103 Å². The lowest BCUT2D eigenvalue weighted by Gasteiger charge is -2.34. The number of hydrogen-bond donors (Lipinski definition) is 1. The Kier molecular flexibility index (Phi) is 9.28. The Morgan fingerprint density at radius 2 is 1.65 bits per heavy atom. The maximum Gasteiger partial charge on any atom is 0.283 e. The van der Waals surface area contributed by atoms with Gasteiger partial charge in [-0.15, -0.1) is 0 Å². The first-order valence-corrected chi connectivity index (χ1v) is 18.9. The molecule has 0 spiro atoms. The fraction of sp³-hybridized carbons (Fsp3) is 0.229. The Bertz CT molecular complexity index is 2500. The first-order valence-electron chi connectivity index (χ1n) is 16.0. The number of rotatable bonds is 10. The summed E-state index contributed by atoms with van der Waals surface area (Å²) in [6.07, 6.45) is 4.51. The summed E-state index contributed by atoms with van der Waals surface area (Å²) in [5.41, 5.74) is 1.12. The molecule has 1 N–H and O–H groups in total. The summed E-state index contributed by atoms with van der Waals surface area (Å²) in [7, 11) is -7.49. The quantitative estimate of drug-likeness (QED) is 0.183. The molecule has 2 unspecified atom stereocenters. The number of halogens is 2. The Labute approximate surface area is 297 Å². The van der Waals surface area contributed by atoms with Gasteiger partial charge in [-0.2, -0.15) is 17.6 Å². The zero-order valence-electron chi connectivity index (χ0n) is 28.0. The Hall–Kier alpha value is -5.23.